The Morgan fingerprint density at radius 1 is 1.00 bits per heavy atom. The summed E-state index contributed by atoms with van der Waals surface area (Å²) in [6, 6.07) is 14.4. The van der Waals surface area contributed by atoms with Crippen LogP contribution in [0.25, 0.3) is 0 Å². The summed E-state index contributed by atoms with van der Waals surface area (Å²) < 4.78 is 26.2. The molecule has 0 spiro atoms. The number of hydrogen-bond donors (Lipinski definition) is 1. The molecule has 0 saturated carbocycles. The molecule has 34 heavy (non-hydrogen) atoms. The van der Waals surface area contributed by atoms with E-state index in [1.54, 1.807) is 24.0 Å². The Labute approximate surface area is 204 Å². The summed E-state index contributed by atoms with van der Waals surface area (Å²) in [5.41, 5.74) is 3.47. The van der Waals surface area contributed by atoms with Crippen LogP contribution in [0, 0.1) is 13.8 Å². The van der Waals surface area contributed by atoms with Gasteiger partial charge in [0, 0.05) is 25.6 Å². The molecular weight excluding hydrogens is 450 g/mol. The Morgan fingerprint density at radius 2 is 1.68 bits per heavy atom. The second-order valence-electron chi connectivity index (χ2n) is 9.08. The number of hydrogen-bond acceptors (Lipinski definition) is 4. The van der Waals surface area contributed by atoms with Crippen LogP contribution in [0.1, 0.15) is 50.3 Å². The minimum atomic E-state index is -3.51. The van der Waals surface area contributed by atoms with Crippen molar-refractivity contribution in [2.45, 2.75) is 66.1 Å². The predicted molar refractivity (Wildman–Crippen MR) is 137 cm³/mol. The average Bonchev–Trinajstić information content (AvgIpc) is 2.74. The standard InChI is InChI=1S/C26H37N3O4S/c1-19(2)27-26(31)22(5)28(18-23-13-9-11-20(3)17-23)25(30)15-10-16-29(34(6,32)33)24-14-8-7-12-21(24)4/h7-9,11-14,17,19,22H,10,15-16,18H2,1-6H3,(H,27,31)/t22-/m1/s1. The normalized spacial score (nSPS) is 12.3. The molecule has 0 aliphatic rings. The van der Waals surface area contributed by atoms with Gasteiger partial charge >= 0.3 is 0 Å². The number of nitrogens with one attached hydrogen (secondary N) is 1. The lowest BCUT2D eigenvalue weighted by Crippen LogP contribution is -2.49. The number of anilines is 1. The predicted octanol–water partition coefficient (Wildman–Crippen LogP) is 3.79. The molecule has 1 N–H and O–H groups in total. The second kappa shape index (κ2) is 12.0. The molecule has 0 aliphatic carbocycles. The van der Waals surface area contributed by atoms with Crippen molar-refractivity contribution in [2.75, 3.05) is 17.1 Å². The Morgan fingerprint density at radius 3 is 2.26 bits per heavy atom. The third-order valence-electron chi connectivity index (χ3n) is 5.57. The van der Waals surface area contributed by atoms with Crippen LogP contribution in [0.4, 0.5) is 5.69 Å². The van der Waals surface area contributed by atoms with Gasteiger partial charge in [0.2, 0.25) is 21.8 Å². The van der Waals surface area contributed by atoms with Gasteiger partial charge in [-0.2, -0.15) is 0 Å². The molecule has 0 aliphatic heterocycles. The van der Waals surface area contributed by atoms with Crippen LogP contribution in [-0.2, 0) is 26.2 Å². The Balaban J connectivity index is 2.18. The molecule has 0 fully saturated rings. The Bertz CT molecular complexity index is 1100. The minimum absolute atomic E-state index is 0.0386. The molecule has 0 saturated heterocycles. The highest BCUT2D eigenvalue weighted by Gasteiger charge is 2.27. The van der Waals surface area contributed by atoms with Gasteiger partial charge in [-0.3, -0.25) is 13.9 Å². The minimum Gasteiger partial charge on any atom is -0.352 e. The van der Waals surface area contributed by atoms with Crippen molar-refractivity contribution in [2.24, 2.45) is 0 Å². The topological polar surface area (TPSA) is 86.8 Å². The van der Waals surface area contributed by atoms with E-state index in [1.165, 1.54) is 10.6 Å². The van der Waals surface area contributed by atoms with Gasteiger partial charge in [0.05, 0.1) is 11.9 Å². The molecular formula is C26H37N3O4S. The van der Waals surface area contributed by atoms with Gasteiger partial charge in [-0.25, -0.2) is 8.42 Å². The first-order valence-electron chi connectivity index (χ1n) is 11.6. The zero-order valence-electron chi connectivity index (χ0n) is 21.0. The van der Waals surface area contributed by atoms with Crippen molar-refractivity contribution in [1.29, 1.82) is 0 Å². The van der Waals surface area contributed by atoms with Crippen molar-refractivity contribution >= 4 is 27.5 Å². The third kappa shape index (κ3) is 7.87. The van der Waals surface area contributed by atoms with Crippen LogP contribution in [-0.4, -0.2) is 50.0 Å². The first-order valence-corrected chi connectivity index (χ1v) is 13.4. The molecule has 2 aromatic rings. The van der Waals surface area contributed by atoms with Crippen molar-refractivity contribution in [3.63, 3.8) is 0 Å². The van der Waals surface area contributed by atoms with Crippen molar-refractivity contribution in [3.8, 4) is 0 Å². The van der Waals surface area contributed by atoms with Crippen molar-refractivity contribution in [1.82, 2.24) is 10.2 Å². The van der Waals surface area contributed by atoms with Gasteiger partial charge in [-0.05, 0) is 58.2 Å². The van der Waals surface area contributed by atoms with Gasteiger partial charge in [0.15, 0.2) is 0 Å². The molecule has 8 heteroatoms. The smallest absolute Gasteiger partial charge is 0.242 e. The summed E-state index contributed by atoms with van der Waals surface area (Å²) in [5, 5.41) is 2.88. The SMILES string of the molecule is Cc1cccc(CN(C(=O)CCCN(c2ccccc2C)S(C)(=O)=O)[C@H](C)C(=O)NC(C)C)c1. The van der Waals surface area contributed by atoms with Gasteiger partial charge in [0.25, 0.3) is 0 Å². The lowest BCUT2D eigenvalue weighted by molar-refractivity contribution is -0.140. The van der Waals surface area contributed by atoms with Crippen LogP contribution in [0.3, 0.4) is 0 Å². The van der Waals surface area contributed by atoms with E-state index in [9.17, 15) is 18.0 Å². The van der Waals surface area contributed by atoms with E-state index in [-0.39, 0.29) is 30.8 Å². The van der Waals surface area contributed by atoms with E-state index in [0.29, 0.717) is 18.7 Å². The molecule has 0 aromatic heterocycles. The number of amides is 2. The van der Waals surface area contributed by atoms with E-state index >= 15 is 0 Å². The third-order valence-corrected chi connectivity index (χ3v) is 6.75. The summed E-state index contributed by atoms with van der Waals surface area (Å²) >= 11 is 0. The van der Waals surface area contributed by atoms with E-state index < -0.39 is 16.1 Å². The number of para-hydroxylation sites is 1. The molecule has 0 bridgehead atoms. The molecule has 1 atom stereocenters. The molecule has 186 valence electrons. The molecule has 0 heterocycles. The second-order valence-corrected chi connectivity index (χ2v) is 11.0. The molecule has 0 radical (unpaired) electrons. The highest BCUT2D eigenvalue weighted by atomic mass is 32.2. The van der Waals surface area contributed by atoms with Gasteiger partial charge in [-0.15, -0.1) is 0 Å². The van der Waals surface area contributed by atoms with Gasteiger partial charge < -0.3 is 10.2 Å². The fraction of sp³-hybridized carbons (Fsp3) is 0.462. The zero-order valence-corrected chi connectivity index (χ0v) is 21.9. The van der Waals surface area contributed by atoms with E-state index in [0.717, 1.165) is 16.7 Å². The fourth-order valence-electron chi connectivity index (χ4n) is 3.82. The summed E-state index contributed by atoms with van der Waals surface area (Å²) in [4.78, 5) is 27.6. The van der Waals surface area contributed by atoms with Crippen LogP contribution >= 0.6 is 0 Å². The monoisotopic (exact) mass is 487 g/mol. The fourth-order valence-corrected chi connectivity index (χ4v) is 4.84. The quantitative estimate of drug-likeness (QED) is 0.522. The number of nitrogens with zero attached hydrogens (tertiary/aromatic N) is 2. The summed E-state index contributed by atoms with van der Waals surface area (Å²) in [6.07, 6.45) is 1.63. The maximum absolute atomic E-state index is 13.3. The first kappa shape index (κ1) is 27.4. The number of carbonyl (C=O) groups excluding carboxylic acids is 2. The maximum Gasteiger partial charge on any atom is 0.242 e. The molecule has 2 aromatic carbocycles. The number of rotatable bonds is 11. The highest BCUT2D eigenvalue weighted by Crippen LogP contribution is 2.23. The Kier molecular flexibility index (Phi) is 9.67. The lowest BCUT2D eigenvalue weighted by Gasteiger charge is -2.30. The summed E-state index contributed by atoms with van der Waals surface area (Å²) in [7, 11) is -3.51. The van der Waals surface area contributed by atoms with E-state index in [2.05, 4.69) is 5.32 Å². The Hall–Kier alpha value is -2.87. The van der Waals surface area contributed by atoms with Gasteiger partial charge in [-0.1, -0.05) is 48.0 Å². The van der Waals surface area contributed by atoms with Crippen LogP contribution in [0.5, 0.6) is 0 Å². The number of sulfonamides is 1. The highest BCUT2D eigenvalue weighted by molar-refractivity contribution is 7.92. The lowest BCUT2D eigenvalue weighted by atomic mass is 10.1. The van der Waals surface area contributed by atoms with Crippen LogP contribution in [0.2, 0.25) is 0 Å². The van der Waals surface area contributed by atoms with Crippen LogP contribution < -0.4 is 9.62 Å². The molecule has 2 amide bonds. The zero-order chi connectivity index (χ0) is 25.5. The van der Waals surface area contributed by atoms with Gasteiger partial charge in [0.1, 0.15) is 6.04 Å². The summed E-state index contributed by atoms with van der Waals surface area (Å²) in [6.45, 7) is 9.81. The van der Waals surface area contributed by atoms with Crippen molar-refractivity contribution < 1.29 is 18.0 Å². The molecule has 2 rings (SSSR count). The average molecular weight is 488 g/mol. The number of benzene rings is 2. The van der Waals surface area contributed by atoms with E-state index in [4.69, 9.17) is 0 Å². The number of carbonyl (C=O) groups is 2. The van der Waals surface area contributed by atoms with Crippen molar-refractivity contribution in [3.05, 3.63) is 65.2 Å². The summed E-state index contributed by atoms with van der Waals surface area (Å²) in [5.74, 6) is -0.403. The first-order chi connectivity index (χ1) is 15.9. The molecule has 7 nitrogen and oxygen atoms in total. The maximum atomic E-state index is 13.3. The largest absolute Gasteiger partial charge is 0.352 e. The number of aryl methyl sites for hydroxylation is 2. The molecule has 0 unspecified atom stereocenters. The van der Waals surface area contributed by atoms with Crippen LogP contribution in [0.15, 0.2) is 48.5 Å². The van der Waals surface area contributed by atoms with E-state index in [1.807, 2.05) is 64.1 Å².